The molecule has 3 heterocycles. The largest absolute Gasteiger partial charge is 0.457 e. The van der Waals surface area contributed by atoms with Crippen LogP contribution in [-0.4, -0.2) is 22.0 Å². The standard InChI is InChI=1S/C15H9N3O4S/c19-12-11(17-15(23)18-12)4-9-5-16-13(22-9)7-1-2-10-8(3-7)6-21-14(10)20/h1-5H,6H2,(H2,17,18,19,23). The molecule has 0 unspecified atom stereocenters. The lowest BCUT2D eigenvalue weighted by atomic mass is 10.1. The van der Waals surface area contributed by atoms with Crippen molar-refractivity contribution in [3.63, 3.8) is 0 Å². The third-order valence-electron chi connectivity index (χ3n) is 3.46. The molecule has 114 valence electrons. The zero-order valence-electron chi connectivity index (χ0n) is 11.6. The summed E-state index contributed by atoms with van der Waals surface area (Å²) in [6, 6.07) is 5.23. The third kappa shape index (κ3) is 2.38. The van der Waals surface area contributed by atoms with Gasteiger partial charge in [0, 0.05) is 17.2 Å². The van der Waals surface area contributed by atoms with Gasteiger partial charge < -0.3 is 14.5 Å². The first-order valence-corrected chi connectivity index (χ1v) is 7.11. The molecule has 4 rings (SSSR count). The number of aromatic nitrogens is 1. The fourth-order valence-electron chi connectivity index (χ4n) is 2.38. The Morgan fingerprint density at radius 3 is 2.91 bits per heavy atom. The summed E-state index contributed by atoms with van der Waals surface area (Å²) in [5, 5.41) is 5.45. The van der Waals surface area contributed by atoms with Crippen molar-refractivity contribution in [2.24, 2.45) is 0 Å². The first-order chi connectivity index (χ1) is 11.1. The summed E-state index contributed by atoms with van der Waals surface area (Å²) in [6.07, 6.45) is 3.03. The number of hydrogen-bond donors (Lipinski definition) is 2. The van der Waals surface area contributed by atoms with E-state index in [0.29, 0.717) is 22.9 Å². The summed E-state index contributed by atoms with van der Waals surface area (Å²) >= 11 is 4.86. The molecule has 1 aromatic heterocycles. The van der Waals surface area contributed by atoms with Gasteiger partial charge in [0.15, 0.2) is 5.11 Å². The molecule has 2 N–H and O–H groups in total. The van der Waals surface area contributed by atoms with Crippen molar-refractivity contribution in [1.82, 2.24) is 15.6 Å². The van der Waals surface area contributed by atoms with Crippen LogP contribution in [0.3, 0.4) is 0 Å². The fraction of sp³-hybridized carbons (Fsp3) is 0.0667. The Bertz CT molecular complexity index is 900. The number of fused-ring (bicyclic) bond motifs is 1. The van der Waals surface area contributed by atoms with Crippen molar-refractivity contribution in [3.05, 3.63) is 47.0 Å². The lowest BCUT2D eigenvalue weighted by Gasteiger charge is -1.98. The minimum absolute atomic E-state index is 0.251. The van der Waals surface area contributed by atoms with E-state index in [4.69, 9.17) is 21.4 Å². The van der Waals surface area contributed by atoms with Crippen molar-refractivity contribution in [2.45, 2.75) is 6.61 Å². The second-order valence-corrected chi connectivity index (χ2v) is 5.39. The minimum Gasteiger partial charge on any atom is -0.457 e. The summed E-state index contributed by atoms with van der Waals surface area (Å²) in [4.78, 5) is 27.2. The van der Waals surface area contributed by atoms with Crippen molar-refractivity contribution >= 4 is 35.3 Å². The normalized spacial score (nSPS) is 17.9. The van der Waals surface area contributed by atoms with Crippen LogP contribution in [0.5, 0.6) is 0 Å². The monoisotopic (exact) mass is 327 g/mol. The number of ether oxygens (including phenoxy) is 1. The average molecular weight is 327 g/mol. The molecular formula is C15H9N3O4S. The van der Waals surface area contributed by atoms with Crippen LogP contribution in [0.4, 0.5) is 0 Å². The van der Waals surface area contributed by atoms with E-state index in [1.54, 1.807) is 18.2 Å². The summed E-state index contributed by atoms with van der Waals surface area (Å²) in [5.41, 5.74) is 2.38. The topological polar surface area (TPSA) is 93.5 Å². The quantitative estimate of drug-likeness (QED) is 0.488. The van der Waals surface area contributed by atoms with E-state index in [-0.39, 0.29) is 23.6 Å². The Labute approximate surface area is 135 Å². The molecule has 1 fully saturated rings. The van der Waals surface area contributed by atoms with Crippen LogP contribution in [0.25, 0.3) is 17.5 Å². The van der Waals surface area contributed by atoms with Gasteiger partial charge in [0.1, 0.15) is 18.1 Å². The van der Waals surface area contributed by atoms with E-state index >= 15 is 0 Å². The van der Waals surface area contributed by atoms with E-state index in [0.717, 1.165) is 11.1 Å². The molecule has 2 aliphatic heterocycles. The molecule has 1 aromatic carbocycles. The lowest BCUT2D eigenvalue weighted by Crippen LogP contribution is -2.21. The molecule has 0 atom stereocenters. The minimum atomic E-state index is -0.321. The van der Waals surface area contributed by atoms with E-state index in [9.17, 15) is 9.59 Å². The first-order valence-electron chi connectivity index (χ1n) is 6.70. The molecule has 23 heavy (non-hydrogen) atoms. The second-order valence-electron chi connectivity index (χ2n) is 4.98. The van der Waals surface area contributed by atoms with E-state index < -0.39 is 0 Å². The van der Waals surface area contributed by atoms with Crippen LogP contribution in [0, 0.1) is 0 Å². The Morgan fingerprint density at radius 1 is 1.26 bits per heavy atom. The van der Waals surface area contributed by atoms with Gasteiger partial charge in [-0.2, -0.15) is 0 Å². The summed E-state index contributed by atoms with van der Waals surface area (Å²) in [7, 11) is 0. The Kier molecular flexibility index (Phi) is 2.98. The molecule has 8 heteroatoms. The maximum Gasteiger partial charge on any atom is 0.338 e. The number of amides is 1. The number of oxazole rings is 1. The maximum absolute atomic E-state index is 11.6. The van der Waals surface area contributed by atoms with Gasteiger partial charge in [-0.15, -0.1) is 0 Å². The summed E-state index contributed by atoms with van der Waals surface area (Å²) in [6.45, 7) is 0.251. The van der Waals surface area contributed by atoms with Crippen LogP contribution >= 0.6 is 12.2 Å². The van der Waals surface area contributed by atoms with Crippen LogP contribution in [0.15, 0.2) is 34.5 Å². The van der Waals surface area contributed by atoms with Gasteiger partial charge in [-0.25, -0.2) is 9.78 Å². The third-order valence-corrected chi connectivity index (χ3v) is 3.67. The number of nitrogens with one attached hydrogen (secondary N) is 2. The van der Waals surface area contributed by atoms with Gasteiger partial charge in [0.05, 0.1) is 11.8 Å². The van der Waals surface area contributed by atoms with Crippen molar-refractivity contribution in [3.8, 4) is 11.5 Å². The lowest BCUT2D eigenvalue weighted by molar-refractivity contribution is -0.115. The van der Waals surface area contributed by atoms with Gasteiger partial charge in [0.2, 0.25) is 5.89 Å². The summed E-state index contributed by atoms with van der Waals surface area (Å²) < 4.78 is 10.6. The van der Waals surface area contributed by atoms with Gasteiger partial charge in [-0.05, 0) is 30.4 Å². The molecular weight excluding hydrogens is 318 g/mol. The fourth-order valence-corrected chi connectivity index (χ4v) is 2.58. The molecule has 0 radical (unpaired) electrons. The number of thiocarbonyl (C=S) groups is 1. The number of nitrogens with zero attached hydrogens (tertiary/aromatic N) is 1. The highest BCUT2D eigenvalue weighted by Crippen LogP contribution is 2.27. The van der Waals surface area contributed by atoms with Crippen LogP contribution in [-0.2, 0) is 16.1 Å². The molecule has 0 aliphatic carbocycles. The van der Waals surface area contributed by atoms with Gasteiger partial charge >= 0.3 is 5.97 Å². The average Bonchev–Trinajstić information content (AvgIpc) is 3.21. The van der Waals surface area contributed by atoms with E-state index in [2.05, 4.69) is 15.6 Å². The second kappa shape index (κ2) is 5.03. The van der Waals surface area contributed by atoms with Crippen LogP contribution in [0.1, 0.15) is 21.7 Å². The van der Waals surface area contributed by atoms with Gasteiger partial charge in [-0.1, -0.05) is 0 Å². The van der Waals surface area contributed by atoms with E-state index in [1.165, 1.54) is 12.3 Å². The Morgan fingerprint density at radius 2 is 2.13 bits per heavy atom. The number of hydrogen-bond acceptors (Lipinski definition) is 6. The first kappa shape index (κ1) is 13.6. The Balaban J connectivity index is 1.64. The zero-order valence-corrected chi connectivity index (χ0v) is 12.4. The highest BCUT2D eigenvalue weighted by atomic mass is 32.1. The molecule has 1 saturated heterocycles. The molecule has 7 nitrogen and oxygen atoms in total. The molecule has 2 aromatic rings. The molecule has 1 amide bonds. The number of rotatable bonds is 2. The van der Waals surface area contributed by atoms with Crippen LogP contribution < -0.4 is 10.6 Å². The van der Waals surface area contributed by atoms with E-state index in [1.807, 2.05) is 0 Å². The zero-order chi connectivity index (χ0) is 16.0. The number of cyclic esters (lactones) is 1. The molecule has 0 spiro atoms. The van der Waals surface area contributed by atoms with Crippen molar-refractivity contribution in [2.75, 3.05) is 0 Å². The smallest absolute Gasteiger partial charge is 0.338 e. The maximum atomic E-state index is 11.6. The molecule has 2 aliphatic rings. The number of carbonyl (C=O) groups is 2. The Hall–Kier alpha value is -3.00. The molecule has 0 bridgehead atoms. The SMILES string of the molecule is O=C1NC(=S)NC1=Cc1cnc(-c2ccc3c(c2)COC3=O)o1. The van der Waals surface area contributed by atoms with Gasteiger partial charge in [-0.3, -0.25) is 10.1 Å². The van der Waals surface area contributed by atoms with Crippen molar-refractivity contribution < 1.29 is 18.7 Å². The number of esters is 1. The molecule has 0 saturated carbocycles. The van der Waals surface area contributed by atoms with Crippen LogP contribution in [0.2, 0.25) is 0 Å². The highest BCUT2D eigenvalue weighted by molar-refractivity contribution is 7.80. The number of benzene rings is 1. The predicted molar refractivity (Wildman–Crippen MR) is 82.9 cm³/mol. The number of carbonyl (C=O) groups excluding carboxylic acids is 2. The highest BCUT2D eigenvalue weighted by Gasteiger charge is 2.23. The van der Waals surface area contributed by atoms with Crippen molar-refractivity contribution in [1.29, 1.82) is 0 Å². The summed E-state index contributed by atoms with van der Waals surface area (Å²) in [5.74, 6) is 0.162. The van der Waals surface area contributed by atoms with Gasteiger partial charge in [0.25, 0.3) is 5.91 Å². The predicted octanol–water partition coefficient (Wildman–Crippen LogP) is 1.36.